The van der Waals surface area contributed by atoms with E-state index in [9.17, 15) is 4.79 Å². The summed E-state index contributed by atoms with van der Waals surface area (Å²) in [5.74, 6) is 2.34. The van der Waals surface area contributed by atoms with Gasteiger partial charge in [-0.1, -0.05) is 18.2 Å². The highest BCUT2D eigenvalue weighted by Gasteiger charge is 2.06. The molecule has 2 aromatic rings. The molecular weight excluding hydrogens is 342 g/mol. The van der Waals surface area contributed by atoms with Crippen LogP contribution in [0.4, 0.5) is 0 Å². The van der Waals surface area contributed by atoms with Gasteiger partial charge in [0.1, 0.15) is 5.75 Å². The first-order chi connectivity index (χ1) is 13.0. The minimum atomic E-state index is 0.0417. The van der Waals surface area contributed by atoms with Gasteiger partial charge in [-0.05, 0) is 61.6 Å². The van der Waals surface area contributed by atoms with Gasteiger partial charge in [0.15, 0.2) is 11.5 Å². The summed E-state index contributed by atoms with van der Waals surface area (Å²) >= 11 is 0. The fourth-order valence-corrected chi connectivity index (χ4v) is 2.75. The second-order valence-electron chi connectivity index (χ2n) is 6.51. The number of benzene rings is 2. The molecule has 2 rings (SSSR count). The molecule has 0 aliphatic carbocycles. The second kappa shape index (κ2) is 10.5. The lowest BCUT2D eigenvalue weighted by molar-refractivity contribution is -0.121. The molecule has 0 spiro atoms. The molecule has 1 N–H and O–H groups in total. The predicted octanol–water partition coefficient (Wildman–Crippen LogP) is 3.84. The molecule has 0 fully saturated rings. The summed E-state index contributed by atoms with van der Waals surface area (Å²) in [6.45, 7) is 5.19. The van der Waals surface area contributed by atoms with Crippen LogP contribution in [0.25, 0.3) is 0 Å². The molecule has 0 aliphatic heterocycles. The van der Waals surface area contributed by atoms with Crippen molar-refractivity contribution in [1.82, 2.24) is 5.32 Å². The highest BCUT2D eigenvalue weighted by Crippen LogP contribution is 2.27. The predicted molar refractivity (Wildman–Crippen MR) is 107 cm³/mol. The molecule has 27 heavy (non-hydrogen) atoms. The van der Waals surface area contributed by atoms with Gasteiger partial charge in [0, 0.05) is 13.0 Å². The zero-order chi connectivity index (χ0) is 19.6. The van der Waals surface area contributed by atoms with Crippen molar-refractivity contribution in [1.29, 1.82) is 0 Å². The molecule has 2 aromatic carbocycles. The number of carbonyl (C=O) groups is 1. The van der Waals surface area contributed by atoms with E-state index in [4.69, 9.17) is 14.2 Å². The maximum Gasteiger partial charge on any atom is 0.220 e. The van der Waals surface area contributed by atoms with E-state index in [-0.39, 0.29) is 5.91 Å². The lowest BCUT2D eigenvalue weighted by atomic mass is 10.1. The summed E-state index contributed by atoms with van der Waals surface area (Å²) in [6.07, 6.45) is 1.89. The van der Waals surface area contributed by atoms with Gasteiger partial charge in [0.05, 0.1) is 20.8 Å². The van der Waals surface area contributed by atoms with Gasteiger partial charge in [0.25, 0.3) is 0 Å². The van der Waals surface area contributed by atoms with Crippen molar-refractivity contribution in [3.8, 4) is 17.2 Å². The largest absolute Gasteiger partial charge is 0.493 e. The highest BCUT2D eigenvalue weighted by atomic mass is 16.5. The van der Waals surface area contributed by atoms with Crippen molar-refractivity contribution in [2.75, 3.05) is 27.4 Å². The number of nitrogens with one attached hydrogen (secondary N) is 1. The lowest BCUT2D eigenvalue weighted by Gasteiger charge is -2.11. The van der Waals surface area contributed by atoms with Crippen LogP contribution < -0.4 is 19.5 Å². The summed E-state index contributed by atoms with van der Waals surface area (Å²) in [7, 11) is 3.23. The maximum absolute atomic E-state index is 12.0. The summed E-state index contributed by atoms with van der Waals surface area (Å²) < 4.78 is 16.3. The molecule has 0 atom stereocenters. The molecule has 0 saturated heterocycles. The normalized spacial score (nSPS) is 10.4. The Morgan fingerprint density at radius 2 is 1.74 bits per heavy atom. The van der Waals surface area contributed by atoms with E-state index < -0.39 is 0 Å². The van der Waals surface area contributed by atoms with Crippen molar-refractivity contribution in [3.63, 3.8) is 0 Å². The Morgan fingerprint density at radius 3 is 2.48 bits per heavy atom. The average Bonchev–Trinajstić information content (AvgIpc) is 2.67. The summed E-state index contributed by atoms with van der Waals surface area (Å²) in [5, 5.41) is 2.95. The van der Waals surface area contributed by atoms with Crippen LogP contribution >= 0.6 is 0 Å². The minimum Gasteiger partial charge on any atom is -0.493 e. The zero-order valence-corrected chi connectivity index (χ0v) is 16.6. The molecule has 146 valence electrons. The molecule has 5 nitrogen and oxygen atoms in total. The highest BCUT2D eigenvalue weighted by molar-refractivity contribution is 5.75. The van der Waals surface area contributed by atoms with Crippen LogP contribution in [-0.2, 0) is 11.2 Å². The average molecular weight is 371 g/mol. The van der Waals surface area contributed by atoms with E-state index >= 15 is 0 Å². The van der Waals surface area contributed by atoms with Gasteiger partial charge >= 0.3 is 0 Å². The fraction of sp³-hybridized carbons (Fsp3) is 0.409. The number of rotatable bonds is 10. The molecule has 0 aromatic heterocycles. The smallest absolute Gasteiger partial charge is 0.220 e. The molecular formula is C22H29NO4. The molecule has 0 aliphatic rings. The van der Waals surface area contributed by atoms with E-state index in [2.05, 4.69) is 11.4 Å². The third kappa shape index (κ3) is 6.51. The lowest BCUT2D eigenvalue weighted by Crippen LogP contribution is -2.25. The summed E-state index contributed by atoms with van der Waals surface area (Å²) in [5.41, 5.74) is 3.37. The summed E-state index contributed by atoms with van der Waals surface area (Å²) in [4.78, 5) is 12.0. The van der Waals surface area contributed by atoms with Gasteiger partial charge in [-0.3, -0.25) is 4.79 Å². The number of carbonyl (C=O) groups excluding carboxylic acids is 1. The van der Waals surface area contributed by atoms with Crippen LogP contribution in [0.15, 0.2) is 36.4 Å². The van der Waals surface area contributed by atoms with Crippen molar-refractivity contribution in [2.24, 2.45) is 0 Å². The molecule has 0 unspecified atom stereocenters. The van der Waals surface area contributed by atoms with E-state index in [1.807, 2.05) is 44.2 Å². The number of amides is 1. The Bertz CT molecular complexity index is 758. The first kappa shape index (κ1) is 20.6. The van der Waals surface area contributed by atoms with Gasteiger partial charge in [-0.25, -0.2) is 0 Å². The van der Waals surface area contributed by atoms with Gasteiger partial charge < -0.3 is 19.5 Å². The number of methoxy groups -OCH3 is 2. The third-order valence-corrected chi connectivity index (χ3v) is 4.33. The van der Waals surface area contributed by atoms with Gasteiger partial charge in [-0.15, -0.1) is 0 Å². The third-order valence-electron chi connectivity index (χ3n) is 4.33. The van der Waals surface area contributed by atoms with Crippen LogP contribution in [0.5, 0.6) is 17.2 Å². The topological polar surface area (TPSA) is 56.8 Å². The second-order valence-corrected chi connectivity index (χ2v) is 6.51. The Labute approximate surface area is 161 Å². The molecule has 0 radical (unpaired) electrons. The van der Waals surface area contributed by atoms with Crippen LogP contribution in [0, 0.1) is 13.8 Å². The fourth-order valence-electron chi connectivity index (χ4n) is 2.75. The minimum absolute atomic E-state index is 0.0417. The van der Waals surface area contributed by atoms with E-state index in [1.54, 1.807) is 14.2 Å². The van der Waals surface area contributed by atoms with Crippen molar-refractivity contribution in [2.45, 2.75) is 33.1 Å². The Hall–Kier alpha value is -2.69. The standard InChI is InChI=1S/C22H29NO4/c1-16-7-8-17(2)20(14-16)27-13-5-6-22(24)23-12-11-18-9-10-19(25-3)21(15-18)26-4/h7-10,14-15H,5-6,11-13H2,1-4H3,(H,23,24). The first-order valence-corrected chi connectivity index (χ1v) is 9.21. The molecule has 0 bridgehead atoms. The van der Waals surface area contributed by atoms with Crippen LogP contribution in [-0.4, -0.2) is 33.3 Å². The van der Waals surface area contributed by atoms with Crippen molar-refractivity contribution in [3.05, 3.63) is 53.1 Å². The monoisotopic (exact) mass is 371 g/mol. The van der Waals surface area contributed by atoms with Crippen molar-refractivity contribution >= 4 is 5.91 Å². The maximum atomic E-state index is 12.0. The molecule has 1 amide bonds. The number of ether oxygens (including phenoxy) is 3. The van der Waals surface area contributed by atoms with Crippen molar-refractivity contribution < 1.29 is 19.0 Å². The SMILES string of the molecule is COc1ccc(CCNC(=O)CCCOc2cc(C)ccc2C)cc1OC. The van der Waals surface area contributed by atoms with Crippen LogP contribution in [0.1, 0.15) is 29.5 Å². The Morgan fingerprint density at radius 1 is 0.963 bits per heavy atom. The molecule has 0 heterocycles. The Kier molecular flexibility index (Phi) is 7.99. The van der Waals surface area contributed by atoms with E-state index in [0.717, 1.165) is 23.3 Å². The number of hydrogen-bond donors (Lipinski definition) is 1. The summed E-state index contributed by atoms with van der Waals surface area (Å²) in [6, 6.07) is 11.9. The van der Waals surface area contributed by atoms with Gasteiger partial charge in [-0.2, -0.15) is 0 Å². The first-order valence-electron chi connectivity index (χ1n) is 9.21. The quantitative estimate of drug-likeness (QED) is 0.645. The Balaban J connectivity index is 1.67. The van der Waals surface area contributed by atoms with E-state index in [1.165, 1.54) is 5.56 Å². The molecule has 5 heteroatoms. The number of hydrogen-bond acceptors (Lipinski definition) is 4. The van der Waals surface area contributed by atoms with Crippen LogP contribution in [0.3, 0.4) is 0 Å². The van der Waals surface area contributed by atoms with Gasteiger partial charge in [0.2, 0.25) is 5.91 Å². The zero-order valence-electron chi connectivity index (χ0n) is 16.6. The number of aryl methyl sites for hydroxylation is 2. The molecule has 0 saturated carbocycles. The van der Waals surface area contributed by atoms with Crippen LogP contribution in [0.2, 0.25) is 0 Å². The van der Waals surface area contributed by atoms with E-state index in [0.29, 0.717) is 37.5 Å².